The average Bonchev–Trinajstić information content (AvgIpc) is 1.95. The zero-order valence-corrected chi connectivity index (χ0v) is 5.52. The summed E-state index contributed by atoms with van der Waals surface area (Å²) in [5.74, 6) is -0.959. The van der Waals surface area contributed by atoms with Crippen molar-refractivity contribution in [3.8, 4) is 0 Å². The van der Waals surface area contributed by atoms with Crippen molar-refractivity contribution < 1.29 is 4.39 Å². The average molecular weight is 142 g/mol. The van der Waals surface area contributed by atoms with E-state index in [1.807, 2.05) is 6.92 Å². The van der Waals surface area contributed by atoms with Crippen LogP contribution in [0.3, 0.4) is 0 Å². The second kappa shape index (κ2) is 2.60. The highest BCUT2D eigenvalue weighted by Crippen LogP contribution is 1.89. The quantitative estimate of drug-likeness (QED) is 0.619. The van der Waals surface area contributed by atoms with Crippen molar-refractivity contribution >= 4 is 0 Å². The molecule has 0 aromatic carbocycles. The van der Waals surface area contributed by atoms with Crippen LogP contribution < -0.4 is 5.56 Å². The lowest BCUT2D eigenvalue weighted by molar-refractivity contribution is 0.556. The van der Waals surface area contributed by atoms with E-state index in [9.17, 15) is 9.18 Å². The summed E-state index contributed by atoms with van der Waals surface area (Å²) in [5, 5.41) is 0. The van der Waals surface area contributed by atoms with Gasteiger partial charge in [0.15, 0.2) is 0 Å². The summed E-state index contributed by atoms with van der Waals surface area (Å²) in [6.07, 6.45) is 2.03. The van der Waals surface area contributed by atoms with Gasteiger partial charge >= 0.3 is 5.56 Å². The molecular weight excluding hydrogens is 135 g/mol. The fourth-order valence-corrected chi connectivity index (χ4v) is 0.599. The van der Waals surface area contributed by atoms with Crippen molar-refractivity contribution in [2.24, 2.45) is 0 Å². The minimum atomic E-state index is -0.959. The standard InChI is InChI=1S/C6H7FN2O/c1-2-4-3-8-6(10)5(7)9-4/h3H,2H2,1H3,(H,8,10). The molecule has 0 radical (unpaired) electrons. The van der Waals surface area contributed by atoms with Gasteiger partial charge in [0.25, 0.3) is 5.95 Å². The number of nitrogens with zero attached hydrogens (tertiary/aromatic N) is 1. The van der Waals surface area contributed by atoms with Gasteiger partial charge in [-0.2, -0.15) is 4.39 Å². The topological polar surface area (TPSA) is 45.8 Å². The van der Waals surface area contributed by atoms with E-state index < -0.39 is 11.5 Å². The number of nitrogens with one attached hydrogen (secondary N) is 1. The first-order valence-electron chi connectivity index (χ1n) is 2.98. The van der Waals surface area contributed by atoms with E-state index in [-0.39, 0.29) is 0 Å². The fourth-order valence-electron chi connectivity index (χ4n) is 0.599. The number of aromatic amines is 1. The van der Waals surface area contributed by atoms with E-state index in [4.69, 9.17) is 0 Å². The van der Waals surface area contributed by atoms with E-state index in [0.29, 0.717) is 12.1 Å². The van der Waals surface area contributed by atoms with Crippen molar-refractivity contribution in [1.82, 2.24) is 9.97 Å². The maximum atomic E-state index is 12.3. The zero-order valence-electron chi connectivity index (χ0n) is 5.52. The number of hydrogen-bond acceptors (Lipinski definition) is 2. The summed E-state index contributed by atoms with van der Waals surface area (Å²) in [6.45, 7) is 1.83. The van der Waals surface area contributed by atoms with E-state index in [1.165, 1.54) is 6.20 Å². The second-order valence-electron chi connectivity index (χ2n) is 1.87. The monoisotopic (exact) mass is 142 g/mol. The predicted molar refractivity (Wildman–Crippen MR) is 34.2 cm³/mol. The van der Waals surface area contributed by atoms with Gasteiger partial charge in [-0.1, -0.05) is 6.92 Å². The molecule has 0 unspecified atom stereocenters. The van der Waals surface area contributed by atoms with Crippen molar-refractivity contribution in [2.75, 3.05) is 0 Å². The third-order valence-corrected chi connectivity index (χ3v) is 1.16. The molecule has 1 heterocycles. The number of aryl methyl sites for hydroxylation is 1. The van der Waals surface area contributed by atoms with E-state index in [1.54, 1.807) is 0 Å². The van der Waals surface area contributed by atoms with Crippen LogP contribution in [-0.2, 0) is 6.42 Å². The van der Waals surface area contributed by atoms with Crippen LogP contribution in [0.25, 0.3) is 0 Å². The summed E-state index contributed by atoms with van der Waals surface area (Å²) in [7, 11) is 0. The molecule has 54 valence electrons. The summed E-state index contributed by atoms with van der Waals surface area (Å²) in [6, 6.07) is 0. The lowest BCUT2D eigenvalue weighted by Crippen LogP contribution is -2.13. The highest BCUT2D eigenvalue weighted by atomic mass is 19.1. The molecule has 1 N–H and O–H groups in total. The molecule has 1 aromatic rings. The van der Waals surface area contributed by atoms with Gasteiger partial charge in [0, 0.05) is 6.20 Å². The second-order valence-corrected chi connectivity index (χ2v) is 1.87. The van der Waals surface area contributed by atoms with E-state index in [2.05, 4.69) is 9.97 Å². The van der Waals surface area contributed by atoms with E-state index in [0.717, 1.165) is 0 Å². The SMILES string of the molecule is CCc1c[nH]c(=O)c(F)n1. The van der Waals surface area contributed by atoms with Crippen LogP contribution in [0.5, 0.6) is 0 Å². The van der Waals surface area contributed by atoms with Gasteiger partial charge in [-0.05, 0) is 6.42 Å². The minimum Gasteiger partial charge on any atom is -0.323 e. The summed E-state index contributed by atoms with van der Waals surface area (Å²) in [5.41, 5.74) is -0.214. The highest BCUT2D eigenvalue weighted by Gasteiger charge is 1.98. The van der Waals surface area contributed by atoms with Crippen LogP contribution in [0.2, 0.25) is 0 Å². The molecule has 0 spiro atoms. The van der Waals surface area contributed by atoms with Gasteiger partial charge in [0.05, 0.1) is 5.69 Å². The molecule has 0 fully saturated rings. The molecule has 0 atom stereocenters. The Bertz CT molecular complexity index is 281. The Balaban J connectivity index is 3.17. The van der Waals surface area contributed by atoms with Gasteiger partial charge in [0.2, 0.25) is 0 Å². The first kappa shape index (κ1) is 6.92. The lowest BCUT2D eigenvalue weighted by atomic mass is 10.4. The van der Waals surface area contributed by atoms with Crippen LogP contribution >= 0.6 is 0 Å². The molecule has 0 saturated carbocycles. The van der Waals surface area contributed by atoms with Crippen molar-refractivity contribution in [3.05, 3.63) is 28.2 Å². The van der Waals surface area contributed by atoms with Crippen LogP contribution in [0.15, 0.2) is 11.0 Å². The Kier molecular flexibility index (Phi) is 1.80. The maximum Gasteiger partial charge on any atom is 0.303 e. The van der Waals surface area contributed by atoms with Gasteiger partial charge in [-0.15, -0.1) is 0 Å². The van der Waals surface area contributed by atoms with Crippen LogP contribution in [-0.4, -0.2) is 9.97 Å². The highest BCUT2D eigenvalue weighted by molar-refractivity contribution is 4.94. The first-order valence-corrected chi connectivity index (χ1v) is 2.98. The van der Waals surface area contributed by atoms with Gasteiger partial charge in [0.1, 0.15) is 0 Å². The molecule has 1 aromatic heterocycles. The van der Waals surface area contributed by atoms with Gasteiger partial charge in [-0.3, -0.25) is 4.79 Å². The fraction of sp³-hybridized carbons (Fsp3) is 0.333. The summed E-state index contributed by atoms with van der Waals surface area (Å²) < 4.78 is 12.3. The Morgan fingerprint density at radius 2 is 2.50 bits per heavy atom. The molecule has 4 heteroatoms. The maximum absolute atomic E-state index is 12.3. The Labute approximate surface area is 56.9 Å². The molecule has 0 aliphatic rings. The molecule has 3 nitrogen and oxygen atoms in total. The summed E-state index contributed by atoms with van der Waals surface area (Å²) in [4.78, 5) is 16.0. The largest absolute Gasteiger partial charge is 0.323 e. The molecule has 1 rings (SSSR count). The lowest BCUT2D eigenvalue weighted by Gasteiger charge is -1.91. The van der Waals surface area contributed by atoms with Crippen LogP contribution in [0.1, 0.15) is 12.6 Å². The number of H-pyrrole nitrogens is 1. The summed E-state index contributed by atoms with van der Waals surface area (Å²) >= 11 is 0. The van der Waals surface area contributed by atoms with E-state index >= 15 is 0 Å². The van der Waals surface area contributed by atoms with Crippen LogP contribution in [0, 0.1) is 5.95 Å². The molecule has 0 aliphatic carbocycles. The Hall–Kier alpha value is -1.19. The minimum absolute atomic E-state index is 0.553. The number of hydrogen-bond donors (Lipinski definition) is 1. The third kappa shape index (κ3) is 1.21. The number of rotatable bonds is 1. The number of aromatic nitrogens is 2. The number of halogens is 1. The van der Waals surface area contributed by atoms with Gasteiger partial charge < -0.3 is 4.98 Å². The van der Waals surface area contributed by atoms with Crippen molar-refractivity contribution in [1.29, 1.82) is 0 Å². The first-order chi connectivity index (χ1) is 4.74. The Morgan fingerprint density at radius 3 is 3.00 bits per heavy atom. The molecule has 0 saturated heterocycles. The zero-order chi connectivity index (χ0) is 7.56. The van der Waals surface area contributed by atoms with Crippen molar-refractivity contribution in [2.45, 2.75) is 13.3 Å². The third-order valence-electron chi connectivity index (χ3n) is 1.16. The van der Waals surface area contributed by atoms with Gasteiger partial charge in [-0.25, -0.2) is 4.98 Å². The smallest absolute Gasteiger partial charge is 0.303 e. The molecular formula is C6H7FN2O. The Morgan fingerprint density at radius 1 is 1.80 bits per heavy atom. The molecule has 0 bridgehead atoms. The van der Waals surface area contributed by atoms with Crippen LogP contribution in [0.4, 0.5) is 4.39 Å². The predicted octanol–water partition coefficient (Wildman–Crippen LogP) is 0.471. The van der Waals surface area contributed by atoms with Crippen molar-refractivity contribution in [3.63, 3.8) is 0 Å². The molecule has 10 heavy (non-hydrogen) atoms. The normalized spacial score (nSPS) is 9.80. The molecule has 0 aliphatic heterocycles. The molecule has 0 amide bonds.